The van der Waals surface area contributed by atoms with Gasteiger partial charge in [-0.2, -0.15) is 0 Å². The van der Waals surface area contributed by atoms with E-state index >= 15 is 0 Å². The molecule has 0 aliphatic carbocycles. The summed E-state index contributed by atoms with van der Waals surface area (Å²) >= 11 is 0. The number of nitrogens with zero attached hydrogens (tertiary/aromatic N) is 5. The lowest BCUT2D eigenvalue weighted by atomic mass is 10.0. The van der Waals surface area contributed by atoms with Crippen molar-refractivity contribution >= 4 is 104 Å². The number of para-hydroxylation sites is 4. The fraction of sp³-hybridized carbons (Fsp3) is 0. The van der Waals surface area contributed by atoms with Gasteiger partial charge in [0, 0.05) is 54.3 Å². The van der Waals surface area contributed by atoms with Crippen LogP contribution in [0.2, 0.25) is 0 Å². The second-order valence-corrected chi connectivity index (χ2v) is 15.7. The van der Waals surface area contributed by atoms with Crippen LogP contribution in [0.5, 0.6) is 0 Å². The first-order valence-electron chi connectivity index (χ1n) is 20.2. The van der Waals surface area contributed by atoms with Crippen molar-refractivity contribution in [3.05, 3.63) is 188 Å². The summed E-state index contributed by atoms with van der Waals surface area (Å²) in [6.07, 6.45) is 0. The van der Waals surface area contributed by atoms with E-state index in [4.69, 9.17) is 9.97 Å². The molecule has 5 heteroatoms. The van der Waals surface area contributed by atoms with Gasteiger partial charge in [-0.15, -0.1) is 0 Å². The lowest BCUT2D eigenvalue weighted by Crippen LogP contribution is -2.04. The molecule has 0 bridgehead atoms. The number of aromatic nitrogens is 5. The molecule has 59 heavy (non-hydrogen) atoms. The molecule has 5 aromatic heterocycles. The number of benzene rings is 9. The molecule has 0 spiro atoms. The molecular formula is C54H31N5. The zero-order valence-corrected chi connectivity index (χ0v) is 31.6. The predicted molar refractivity (Wildman–Crippen MR) is 246 cm³/mol. The molecule has 0 saturated carbocycles. The zero-order valence-electron chi connectivity index (χ0n) is 31.6. The SMILES string of the molecule is c1ccc(-n2c3ccccc3c3c(-c4nc5c(ccc6ccccc65)nc4-n4c5cccc6c7cccc8c9ccccc9n(c9cccc4c9c65)c78)cccc32)cc1. The van der Waals surface area contributed by atoms with Gasteiger partial charge in [-0.3, -0.25) is 4.57 Å². The number of hydrogen-bond acceptors (Lipinski definition) is 2. The van der Waals surface area contributed by atoms with Crippen molar-refractivity contribution in [2.75, 3.05) is 0 Å². The Morgan fingerprint density at radius 3 is 1.80 bits per heavy atom. The van der Waals surface area contributed by atoms with E-state index in [0.29, 0.717) is 0 Å². The van der Waals surface area contributed by atoms with Gasteiger partial charge in [-0.1, -0.05) is 133 Å². The molecule has 0 atom stereocenters. The Kier molecular flexibility index (Phi) is 5.96. The van der Waals surface area contributed by atoms with Crippen molar-refractivity contribution in [2.45, 2.75) is 0 Å². The molecular weight excluding hydrogens is 719 g/mol. The van der Waals surface area contributed by atoms with Crippen LogP contribution in [-0.2, 0) is 0 Å². The highest BCUT2D eigenvalue weighted by Crippen LogP contribution is 2.46. The summed E-state index contributed by atoms with van der Waals surface area (Å²) in [6.45, 7) is 0. The molecule has 0 saturated heterocycles. The Morgan fingerprint density at radius 2 is 0.932 bits per heavy atom. The molecule has 0 fully saturated rings. The Labute approximate surface area is 336 Å². The molecule has 9 aromatic carbocycles. The Hall–Kier alpha value is -8.02. The van der Waals surface area contributed by atoms with E-state index in [9.17, 15) is 0 Å². The van der Waals surface area contributed by atoms with Crippen LogP contribution in [0, 0.1) is 0 Å². The average Bonchev–Trinajstić information content (AvgIpc) is 3.92. The standard InChI is InChI=1S/C54H31N5/c1-2-15-33(16-3-1)57-43-25-9-7-19-39(43)48-40(23-12-26-44(48)57)52-54(55-41-31-30-32-14-4-5-17-34(32)51(41)56-52)59-45-27-11-20-36-38-22-10-21-37-35-18-6-8-24-42(35)58(53(37)38)46-28-13-29-47(59)50(46)49(36)45/h1-31H. The van der Waals surface area contributed by atoms with E-state index in [1.165, 1.54) is 54.3 Å². The van der Waals surface area contributed by atoms with Gasteiger partial charge in [-0.05, 0) is 65.4 Å². The summed E-state index contributed by atoms with van der Waals surface area (Å²) in [7, 11) is 0. The second-order valence-electron chi connectivity index (χ2n) is 15.7. The minimum Gasteiger partial charge on any atom is -0.309 e. The van der Waals surface area contributed by atoms with Crippen LogP contribution in [0.3, 0.4) is 0 Å². The lowest BCUT2D eigenvalue weighted by Gasteiger charge is -2.16. The Bertz CT molecular complexity index is 4070. The quantitative estimate of drug-likeness (QED) is 0.169. The van der Waals surface area contributed by atoms with Crippen LogP contribution < -0.4 is 0 Å². The second kappa shape index (κ2) is 11.3. The molecule has 0 aliphatic rings. The lowest BCUT2D eigenvalue weighted by molar-refractivity contribution is 1.08. The molecule has 5 heterocycles. The van der Waals surface area contributed by atoms with Crippen molar-refractivity contribution in [3.8, 4) is 22.8 Å². The summed E-state index contributed by atoms with van der Waals surface area (Å²) in [4.78, 5) is 11.5. The maximum atomic E-state index is 5.76. The third-order valence-electron chi connectivity index (χ3n) is 12.7. The van der Waals surface area contributed by atoms with E-state index in [2.05, 4.69) is 202 Å². The van der Waals surface area contributed by atoms with E-state index in [1.807, 2.05) is 0 Å². The summed E-state index contributed by atoms with van der Waals surface area (Å²) in [5.41, 5.74) is 12.9. The number of rotatable bonds is 3. The van der Waals surface area contributed by atoms with E-state index in [0.717, 1.165) is 72.0 Å². The minimum absolute atomic E-state index is 0.808. The van der Waals surface area contributed by atoms with Gasteiger partial charge in [-0.25, -0.2) is 9.97 Å². The first-order valence-corrected chi connectivity index (χ1v) is 20.2. The highest BCUT2D eigenvalue weighted by Gasteiger charge is 2.26. The van der Waals surface area contributed by atoms with Gasteiger partial charge in [0.25, 0.3) is 0 Å². The van der Waals surface area contributed by atoms with E-state index < -0.39 is 0 Å². The molecule has 0 aliphatic heterocycles. The first kappa shape index (κ1) is 31.1. The number of hydrogen-bond donors (Lipinski definition) is 0. The van der Waals surface area contributed by atoms with E-state index in [1.54, 1.807) is 0 Å². The first-order chi connectivity index (χ1) is 29.3. The van der Waals surface area contributed by atoms with Gasteiger partial charge in [0.1, 0.15) is 5.69 Å². The van der Waals surface area contributed by atoms with Crippen molar-refractivity contribution < 1.29 is 0 Å². The third kappa shape index (κ3) is 3.98. The summed E-state index contributed by atoms with van der Waals surface area (Å²) in [6, 6.07) is 68.0. The highest BCUT2D eigenvalue weighted by molar-refractivity contribution is 6.31. The smallest absolute Gasteiger partial charge is 0.165 e. The highest BCUT2D eigenvalue weighted by atomic mass is 15.1. The average molecular weight is 750 g/mol. The normalized spacial score (nSPS) is 12.4. The van der Waals surface area contributed by atoms with Gasteiger partial charge < -0.3 is 8.97 Å². The maximum Gasteiger partial charge on any atom is 0.165 e. The summed E-state index contributed by atoms with van der Waals surface area (Å²) < 4.78 is 7.26. The topological polar surface area (TPSA) is 40.0 Å². The van der Waals surface area contributed by atoms with Crippen LogP contribution in [0.1, 0.15) is 0 Å². The summed E-state index contributed by atoms with van der Waals surface area (Å²) in [5.74, 6) is 0.808. The number of fused-ring (bicyclic) bond motifs is 11. The third-order valence-corrected chi connectivity index (χ3v) is 12.7. The van der Waals surface area contributed by atoms with Crippen LogP contribution in [0.15, 0.2) is 188 Å². The van der Waals surface area contributed by atoms with Crippen LogP contribution in [0.4, 0.5) is 0 Å². The van der Waals surface area contributed by atoms with Crippen LogP contribution in [0.25, 0.3) is 126 Å². The molecule has 14 rings (SSSR count). The Balaban J connectivity index is 1.19. The molecule has 0 unspecified atom stereocenters. The predicted octanol–water partition coefficient (Wildman–Crippen LogP) is 13.8. The fourth-order valence-electron chi connectivity index (χ4n) is 10.4. The Morgan fingerprint density at radius 1 is 0.339 bits per heavy atom. The van der Waals surface area contributed by atoms with Gasteiger partial charge in [0.05, 0.1) is 49.7 Å². The van der Waals surface area contributed by atoms with E-state index in [-0.39, 0.29) is 0 Å². The van der Waals surface area contributed by atoms with Crippen molar-refractivity contribution in [2.24, 2.45) is 0 Å². The molecule has 14 aromatic rings. The van der Waals surface area contributed by atoms with Crippen LogP contribution in [-0.4, -0.2) is 23.5 Å². The minimum atomic E-state index is 0.808. The van der Waals surface area contributed by atoms with Crippen molar-refractivity contribution in [3.63, 3.8) is 0 Å². The molecule has 5 nitrogen and oxygen atoms in total. The maximum absolute atomic E-state index is 5.76. The fourth-order valence-corrected chi connectivity index (χ4v) is 10.4. The van der Waals surface area contributed by atoms with Gasteiger partial charge >= 0.3 is 0 Å². The molecule has 0 amide bonds. The van der Waals surface area contributed by atoms with Crippen LogP contribution >= 0.6 is 0 Å². The molecule has 0 radical (unpaired) electrons. The molecule has 0 N–H and O–H groups in total. The molecule has 272 valence electrons. The zero-order chi connectivity index (χ0) is 38.3. The summed E-state index contributed by atoms with van der Waals surface area (Å²) in [5, 5.41) is 12.0. The largest absolute Gasteiger partial charge is 0.309 e. The van der Waals surface area contributed by atoms with Crippen molar-refractivity contribution in [1.29, 1.82) is 0 Å². The van der Waals surface area contributed by atoms with Gasteiger partial charge in [0.2, 0.25) is 0 Å². The monoisotopic (exact) mass is 749 g/mol. The van der Waals surface area contributed by atoms with Crippen molar-refractivity contribution in [1.82, 2.24) is 23.5 Å². The van der Waals surface area contributed by atoms with Gasteiger partial charge in [0.15, 0.2) is 5.82 Å².